The molecule has 2 rings (SSSR count). The molecule has 2 aromatic rings. The minimum atomic E-state index is -1.03. The third-order valence-corrected chi connectivity index (χ3v) is 2.61. The molecule has 0 saturated carbocycles. The van der Waals surface area contributed by atoms with Crippen LogP contribution in [-0.4, -0.2) is 6.29 Å². The van der Waals surface area contributed by atoms with E-state index in [0.29, 0.717) is 18.4 Å². The van der Waals surface area contributed by atoms with E-state index in [4.69, 9.17) is 0 Å². The van der Waals surface area contributed by atoms with Gasteiger partial charge in [0, 0.05) is 17.7 Å². The van der Waals surface area contributed by atoms with Crippen molar-refractivity contribution in [2.24, 2.45) is 0 Å². The van der Waals surface area contributed by atoms with Crippen molar-refractivity contribution < 1.29 is 18.0 Å². The summed E-state index contributed by atoms with van der Waals surface area (Å²) < 4.78 is 40.1. The molecule has 1 nitrogen and oxygen atoms in total. The normalized spacial score (nSPS) is 10.4. The average Bonchev–Trinajstić information content (AvgIpc) is 2.28. The minimum Gasteiger partial charge on any atom is -0.298 e. The van der Waals surface area contributed by atoms with E-state index in [1.54, 1.807) is 13.0 Å². The Hall–Kier alpha value is -2.10. The van der Waals surface area contributed by atoms with Gasteiger partial charge in [-0.3, -0.25) is 4.79 Å². The van der Waals surface area contributed by atoms with Crippen molar-refractivity contribution >= 4 is 6.29 Å². The van der Waals surface area contributed by atoms with Gasteiger partial charge in [0.05, 0.1) is 5.56 Å². The number of carbonyl (C=O) groups excluding carboxylic acids is 1. The molecule has 0 aliphatic rings. The summed E-state index contributed by atoms with van der Waals surface area (Å²) in [6, 6.07) is 5.81. The van der Waals surface area contributed by atoms with Crippen molar-refractivity contribution in [3.05, 3.63) is 58.9 Å². The molecular weight excluding hydrogens is 241 g/mol. The van der Waals surface area contributed by atoms with Gasteiger partial charge in [-0.15, -0.1) is 0 Å². The van der Waals surface area contributed by atoms with Crippen LogP contribution in [0.4, 0.5) is 13.2 Å². The summed E-state index contributed by atoms with van der Waals surface area (Å²) in [5.74, 6) is -3.04. The summed E-state index contributed by atoms with van der Waals surface area (Å²) in [4.78, 5) is 10.9. The Morgan fingerprint density at radius 3 is 2.17 bits per heavy atom. The maximum absolute atomic E-state index is 13.6. The molecule has 0 amide bonds. The predicted molar refractivity (Wildman–Crippen MR) is 61.9 cm³/mol. The van der Waals surface area contributed by atoms with E-state index in [-0.39, 0.29) is 16.7 Å². The van der Waals surface area contributed by atoms with Crippen LogP contribution in [0.5, 0.6) is 0 Å². The van der Waals surface area contributed by atoms with Gasteiger partial charge in [0.15, 0.2) is 6.29 Å². The number of halogens is 3. The lowest BCUT2D eigenvalue weighted by molar-refractivity contribution is 0.112. The van der Waals surface area contributed by atoms with Gasteiger partial charge in [-0.1, -0.05) is 23.8 Å². The number of aldehydes is 1. The molecule has 92 valence electrons. The predicted octanol–water partition coefficient (Wildman–Crippen LogP) is 3.89. The Morgan fingerprint density at radius 1 is 1.00 bits per heavy atom. The maximum atomic E-state index is 13.6. The van der Waals surface area contributed by atoms with Crippen LogP contribution in [0.1, 0.15) is 15.9 Å². The number of benzene rings is 2. The summed E-state index contributed by atoms with van der Waals surface area (Å²) in [6.07, 6.45) is 0.511. The molecule has 0 saturated heterocycles. The minimum absolute atomic E-state index is 0.125. The van der Waals surface area contributed by atoms with Crippen LogP contribution in [-0.2, 0) is 0 Å². The Bertz CT molecular complexity index is 597. The molecule has 0 aromatic heterocycles. The first-order valence-corrected chi connectivity index (χ1v) is 5.23. The van der Waals surface area contributed by atoms with Crippen molar-refractivity contribution in [2.75, 3.05) is 0 Å². The van der Waals surface area contributed by atoms with Crippen molar-refractivity contribution in [2.45, 2.75) is 6.92 Å². The van der Waals surface area contributed by atoms with E-state index >= 15 is 0 Å². The standard InChI is InChI=1S/C14H9F3O/c1-8-2-3-9(7-18)11(4-8)14-12(16)5-10(15)6-13(14)17/h2-7H,1H3. The molecule has 18 heavy (non-hydrogen) atoms. The molecule has 0 spiro atoms. The van der Waals surface area contributed by atoms with Gasteiger partial charge >= 0.3 is 0 Å². The van der Waals surface area contributed by atoms with Gasteiger partial charge in [-0.25, -0.2) is 13.2 Å². The largest absolute Gasteiger partial charge is 0.298 e. The van der Waals surface area contributed by atoms with Crippen molar-refractivity contribution in [1.82, 2.24) is 0 Å². The first-order chi connectivity index (χ1) is 8.52. The zero-order valence-electron chi connectivity index (χ0n) is 9.51. The van der Waals surface area contributed by atoms with Crippen LogP contribution >= 0.6 is 0 Å². The van der Waals surface area contributed by atoms with E-state index in [1.165, 1.54) is 12.1 Å². The molecule has 0 atom stereocenters. The van der Waals surface area contributed by atoms with Crippen LogP contribution in [0, 0.1) is 24.4 Å². The molecule has 0 N–H and O–H groups in total. The molecule has 0 aliphatic carbocycles. The average molecular weight is 250 g/mol. The number of hydrogen-bond donors (Lipinski definition) is 0. The van der Waals surface area contributed by atoms with E-state index in [9.17, 15) is 18.0 Å². The van der Waals surface area contributed by atoms with E-state index < -0.39 is 17.5 Å². The third kappa shape index (κ3) is 2.14. The van der Waals surface area contributed by atoms with Crippen molar-refractivity contribution in [1.29, 1.82) is 0 Å². The lowest BCUT2D eigenvalue weighted by Gasteiger charge is -2.09. The molecule has 0 fully saturated rings. The quantitative estimate of drug-likeness (QED) is 0.739. The monoisotopic (exact) mass is 250 g/mol. The number of rotatable bonds is 2. The Kier molecular flexibility index (Phi) is 3.19. The van der Waals surface area contributed by atoms with E-state index in [2.05, 4.69) is 0 Å². The molecule has 0 heterocycles. The molecule has 0 aliphatic heterocycles. The fraction of sp³-hybridized carbons (Fsp3) is 0.0714. The summed E-state index contributed by atoms with van der Waals surface area (Å²) in [5, 5.41) is 0. The highest BCUT2D eigenvalue weighted by Crippen LogP contribution is 2.30. The zero-order chi connectivity index (χ0) is 13.3. The first kappa shape index (κ1) is 12.4. The Balaban J connectivity index is 2.76. The topological polar surface area (TPSA) is 17.1 Å². The molecular formula is C14H9F3O. The molecule has 2 aromatic carbocycles. The van der Waals surface area contributed by atoms with Gasteiger partial charge < -0.3 is 0 Å². The van der Waals surface area contributed by atoms with Gasteiger partial charge in [-0.2, -0.15) is 0 Å². The zero-order valence-corrected chi connectivity index (χ0v) is 9.51. The van der Waals surface area contributed by atoms with Crippen molar-refractivity contribution in [3.8, 4) is 11.1 Å². The second-order valence-corrected chi connectivity index (χ2v) is 3.95. The fourth-order valence-corrected chi connectivity index (χ4v) is 1.79. The van der Waals surface area contributed by atoms with E-state index in [1.807, 2.05) is 0 Å². The molecule has 0 radical (unpaired) electrons. The summed E-state index contributed by atoms with van der Waals surface area (Å²) in [5.41, 5.74) is 0.644. The highest BCUT2D eigenvalue weighted by atomic mass is 19.1. The fourth-order valence-electron chi connectivity index (χ4n) is 1.79. The Labute approximate surface area is 102 Å². The van der Waals surface area contributed by atoms with Crippen LogP contribution in [0.3, 0.4) is 0 Å². The van der Waals surface area contributed by atoms with Crippen molar-refractivity contribution in [3.63, 3.8) is 0 Å². The summed E-state index contributed by atoms with van der Waals surface area (Å²) >= 11 is 0. The highest BCUT2D eigenvalue weighted by molar-refractivity contribution is 5.88. The SMILES string of the molecule is Cc1ccc(C=O)c(-c2c(F)cc(F)cc2F)c1. The second-order valence-electron chi connectivity index (χ2n) is 3.95. The maximum Gasteiger partial charge on any atom is 0.150 e. The first-order valence-electron chi connectivity index (χ1n) is 5.23. The van der Waals surface area contributed by atoms with E-state index in [0.717, 1.165) is 5.56 Å². The molecule has 0 bridgehead atoms. The summed E-state index contributed by atoms with van der Waals surface area (Å²) in [7, 11) is 0. The smallest absolute Gasteiger partial charge is 0.150 e. The molecule has 0 unspecified atom stereocenters. The van der Waals surface area contributed by atoms with Crippen LogP contribution < -0.4 is 0 Å². The third-order valence-electron chi connectivity index (χ3n) is 2.61. The molecule has 4 heteroatoms. The number of carbonyl (C=O) groups is 1. The lowest BCUT2D eigenvalue weighted by atomic mass is 9.97. The van der Waals surface area contributed by atoms with Gasteiger partial charge in [0.1, 0.15) is 17.5 Å². The highest BCUT2D eigenvalue weighted by Gasteiger charge is 2.16. The van der Waals surface area contributed by atoms with Crippen LogP contribution in [0.2, 0.25) is 0 Å². The van der Waals surface area contributed by atoms with Gasteiger partial charge in [-0.05, 0) is 12.5 Å². The van der Waals surface area contributed by atoms with Gasteiger partial charge in [0.25, 0.3) is 0 Å². The second kappa shape index (κ2) is 4.64. The summed E-state index contributed by atoms with van der Waals surface area (Å²) in [6.45, 7) is 1.73. The Morgan fingerprint density at radius 2 is 1.61 bits per heavy atom. The lowest BCUT2D eigenvalue weighted by Crippen LogP contribution is -1.96. The van der Waals surface area contributed by atoms with Gasteiger partial charge in [0.2, 0.25) is 0 Å². The number of hydrogen-bond acceptors (Lipinski definition) is 1. The number of aryl methyl sites for hydroxylation is 1. The van der Waals surface area contributed by atoms with Crippen LogP contribution in [0.25, 0.3) is 11.1 Å². The van der Waals surface area contributed by atoms with Crippen LogP contribution in [0.15, 0.2) is 30.3 Å².